The molecule has 0 aromatic heterocycles. The Hall–Kier alpha value is -8.72. The number of nitro groups is 4. The highest BCUT2D eigenvalue weighted by Crippen LogP contribution is 2.29. The Labute approximate surface area is 393 Å². The van der Waals surface area contributed by atoms with Crippen molar-refractivity contribution < 1.29 is 62.6 Å². The molecule has 360 valence electrons. The van der Waals surface area contributed by atoms with E-state index in [-0.39, 0.29) is 75.2 Å². The Morgan fingerprint density at radius 2 is 0.594 bits per heavy atom. The molecule has 0 radical (unpaired) electrons. The first-order chi connectivity index (χ1) is 32.9. The summed E-state index contributed by atoms with van der Waals surface area (Å²) >= 11 is 0. The van der Waals surface area contributed by atoms with Crippen LogP contribution in [-0.2, 0) is 42.9 Å². The second kappa shape index (κ2) is 25.8. The summed E-state index contributed by atoms with van der Waals surface area (Å²) in [5.41, 5.74) is -1.10. The second-order valence-corrected chi connectivity index (χ2v) is 15.4. The molecule has 0 heterocycles. The molecule has 0 fully saturated rings. The third kappa shape index (κ3) is 17.5. The number of benzene rings is 4. The number of ether oxygens (including phenoxy) is 5. The van der Waals surface area contributed by atoms with Gasteiger partial charge in [0.05, 0.1) is 43.7 Å². The van der Waals surface area contributed by atoms with Crippen LogP contribution in [0.3, 0.4) is 0 Å². The van der Waals surface area contributed by atoms with Crippen LogP contribution in [0.4, 0.5) is 22.7 Å². The molecular weight excluding hydrogens is 905 g/mol. The Morgan fingerprint density at radius 3 is 0.768 bits per heavy atom. The fourth-order valence-electron chi connectivity index (χ4n) is 5.92. The lowest BCUT2D eigenvalue weighted by Crippen LogP contribution is -2.42. The smallest absolute Gasteiger partial charge is 0.330 e. The van der Waals surface area contributed by atoms with E-state index in [1.165, 1.54) is 121 Å². The summed E-state index contributed by atoms with van der Waals surface area (Å²) in [4.78, 5) is 93.8. The van der Waals surface area contributed by atoms with Crippen LogP contribution in [0, 0.1) is 51.3 Å². The molecule has 0 aliphatic heterocycles. The van der Waals surface area contributed by atoms with Gasteiger partial charge in [0.2, 0.25) is 0 Å². The van der Waals surface area contributed by atoms with E-state index < -0.39 is 54.4 Å². The lowest BCUT2D eigenvalue weighted by atomic mass is 9.86. The molecule has 4 rings (SSSR count). The van der Waals surface area contributed by atoms with Gasteiger partial charge in [-0.3, -0.25) is 40.5 Å². The molecule has 0 saturated carbocycles. The maximum absolute atomic E-state index is 13.0. The maximum atomic E-state index is 13.0. The van der Waals surface area contributed by atoms with Crippen molar-refractivity contribution in [3.8, 4) is 0 Å². The number of rotatable bonds is 26. The summed E-state index contributed by atoms with van der Waals surface area (Å²) in [6, 6.07) is 21.7. The minimum atomic E-state index is -1.21. The maximum Gasteiger partial charge on any atom is 0.330 e. The minimum Gasteiger partial charge on any atom is -0.462 e. The van der Waals surface area contributed by atoms with Crippen LogP contribution in [0.1, 0.15) is 48.9 Å². The van der Waals surface area contributed by atoms with Gasteiger partial charge in [-0.15, -0.1) is 0 Å². The average Bonchev–Trinajstić information content (AvgIpc) is 3.35. The first-order valence-electron chi connectivity index (χ1n) is 20.9. The first-order valence-corrected chi connectivity index (χ1v) is 20.9. The van der Waals surface area contributed by atoms with Crippen LogP contribution in [0.15, 0.2) is 121 Å². The van der Waals surface area contributed by atoms with Crippen LogP contribution >= 0.6 is 0 Å². The van der Waals surface area contributed by atoms with Gasteiger partial charge in [0.1, 0.15) is 26.4 Å². The first kappa shape index (κ1) is 52.9. The van der Waals surface area contributed by atoms with Crippen molar-refractivity contribution in [1.29, 1.82) is 0 Å². The number of nitro benzene ring substituents is 4. The Balaban J connectivity index is 1.54. The Bertz CT molecular complexity index is 2240. The lowest BCUT2D eigenvalue weighted by molar-refractivity contribution is -0.385. The Morgan fingerprint density at radius 1 is 0.391 bits per heavy atom. The standard InChI is InChI=1S/C48H46N4O17/c1-3-47(31-66-43(53)25-13-35-5-17-39(18-6-35)49(57)58,32-67-44(54)26-14-36-7-19-40(20-8-36)50(59)60)29-65-30-48(4-2,33-68-45(55)27-15-37-9-21-41(22-10-37)51(61)62)34-69-46(56)28-16-38-11-23-42(24-12-38)52(63)64/h5-28H,3-4,29-34H2,1-2H3/b25-13+,26-14+,27-15+,28-16+. The summed E-state index contributed by atoms with van der Waals surface area (Å²) < 4.78 is 28.7. The molecule has 21 nitrogen and oxygen atoms in total. The lowest BCUT2D eigenvalue weighted by Gasteiger charge is -2.35. The van der Waals surface area contributed by atoms with Gasteiger partial charge in [-0.1, -0.05) is 13.8 Å². The molecule has 0 aliphatic carbocycles. The zero-order chi connectivity index (χ0) is 50.4. The van der Waals surface area contributed by atoms with Crippen LogP contribution in [0.2, 0.25) is 0 Å². The van der Waals surface area contributed by atoms with Crippen molar-refractivity contribution in [2.24, 2.45) is 10.8 Å². The second-order valence-electron chi connectivity index (χ2n) is 15.4. The van der Waals surface area contributed by atoms with Gasteiger partial charge < -0.3 is 23.7 Å². The number of nitrogens with zero attached hydrogens (tertiary/aromatic N) is 4. The average molecular weight is 951 g/mol. The topological polar surface area (TPSA) is 287 Å². The molecule has 0 bridgehead atoms. The van der Waals surface area contributed by atoms with Gasteiger partial charge in [-0.05, 0) is 108 Å². The zero-order valence-electron chi connectivity index (χ0n) is 37.2. The van der Waals surface area contributed by atoms with Gasteiger partial charge in [-0.2, -0.15) is 0 Å². The highest BCUT2D eigenvalue weighted by molar-refractivity contribution is 5.89. The summed E-state index contributed by atoms with van der Waals surface area (Å²) in [5.74, 6) is -3.22. The monoisotopic (exact) mass is 950 g/mol. The van der Waals surface area contributed by atoms with E-state index in [2.05, 4.69) is 0 Å². The van der Waals surface area contributed by atoms with E-state index in [1.807, 2.05) is 0 Å². The molecule has 0 aliphatic rings. The van der Waals surface area contributed by atoms with Crippen molar-refractivity contribution in [3.05, 3.63) is 184 Å². The number of non-ortho nitro benzene ring substituents is 4. The minimum absolute atomic E-state index is 0.143. The largest absolute Gasteiger partial charge is 0.462 e. The van der Waals surface area contributed by atoms with E-state index >= 15 is 0 Å². The van der Waals surface area contributed by atoms with Gasteiger partial charge in [0, 0.05) is 72.8 Å². The van der Waals surface area contributed by atoms with E-state index in [0.717, 1.165) is 24.3 Å². The third-order valence-electron chi connectivity index (χ3n) is 10.5. The summed E-state index contributed by atoms with van der Waals surface area (Å²) in [6.07, 6.45) is 10.4. The van der Waals surface area contributed by atoms with E-state index in [1.54, 1.807) is 13.8 Å². The van der Waals surface area contributed by atoms with Crippen molar-refractivity contribution in [3.63, 3.8) is 0 Å². The van der Waals surface area contributed by atoms with Crippen LogP contribution in [-0.4, -0.2) is 83.2 Å². The fourth-order valence-corrected chi connectivity index (χ4v) is 5.92. The summed E-state index contributed by atoms with van der Waals surface area (Å²) in [5, 5.41) is 44.2. The predicted molar refractivity (Wildman–Crippen MR) is 249 cm³/mol. The van der Waals surface area contributed by atoms with Crippen LogP contribution in [0.25, 0.3) is 24.3 Å². The fraction of sp³-hybridized carbons (Fsp3) is 0.250. The van der Waals surface area contributed by atoms with Gasteiger partial charge in [0.25, 0.3) is 22.7 Å². The highest BCUT2D eigenvalue weighted by atomic mass is 16.6. The molecule has 0 atom stereocenters. The summed E-state index contributed by atoms with van der Waals surface area (Å²) in [7, 11) is 0. The predicted octanol–water partition coefficient (Wildman–Crippen LogP) is 8.46. The molecule has 0 N–H and O–H groups in total. The number of hydrogen-bond acceptors (Lipinski definition) is 17. The van der Waals surface area contributed by atoms with Crippen molar-refractivity contribution in [2.45, 2.75) is 26.7 Å². The molecule has 0 spiro atoms. The molecule has 0 unspecified atom stereocenters. The van der Waals surface area contributed by atoms with Crippen LogP contribution in [0.5, 0.6) is 0 Å². The van der Waals surface area contributed by atoms with Crippen molar-refractivity contribution in [1.82, 2.24) is 0 Å². The molecule has 4 aromatic carbocycles. The number of esters is 4. The van der Waals surface area contributed by atoms with Crippen molar-refractivity contribution in [2.75, 3.05) is 39.6 Å². The Kier molecular flexibility index (Phi) is 19.8. The van der Waals surface area contributed by atoms with E-state index in [0.29, 0.717) is 22.3 Å². The SMILES string of the molecule is CCC(COCC(CC)(COC(=O)/C=C/c1ccc([N+](=O)[O-])cc1)COC(=O)/C=C/c1ccc([N+](=O)[O-])cc1)(COC(=O)/C=C/c1ccc([N+](=O)[O-])cc1)COC(=O)/C=C/c1ccc([N+](=O)[O-])cc1. The van der Waals surface area contributed by atoms with E-state index in [4.69, 9.17) is 23.7 Å². The molecular formula is C48H46N4O17. The van der Waals surface area contributed by atoms with Crippen molar-refractivity contribution >= 4 is 70.9 Å². The molecule has 21 heteroatoms. The number of carbonyl (C=O) groups is 4. The molecule has 0 saturated heterocycles. The molecule has 69 heavy (non-hydrogen) atoms. The number of carbonyl (C=O) groups excluding carboxylic acids is 4. The van der Waals surface area contributed by atoms with Gasteiger partial charge >= 0.3 is 23.9 Å². The summed E-state index contributed by atoms with van der Waals surface area (Å²) in [6.45, 7) is 1.60. The highest BCUT2D eigenvalue weighted by Gasteiger charge is 2.37. The quantitative estimate of drug-likeness (QED) is 0.0187. The van der Waals surface area contributed by atoms with Gasteiger partial charge in [-0.25, -0.2) is 19.2 Å². The zero-order valence-corrected chi connectivity index (χ0v) is 37.2. The third-order valence-corrected chi connectivity index (χ3v) is 10.5. The number of hydrogen-bond donors (Lipinski definition) is 0. The molecule has 4 aromatic rings. The van der Waals surface area contributed by atoms with E-state index in [9.17, 15) is 59.6 Å². The van der Waals surface area contributed by atoms with Crippen LogP contribution < -0.4 is 0 Å². The molecule has 0 amide bonds. The normalized spacial score (nSPS) is 11.7. The van der Waals surface area contributed by atoms with Gasteiger partial charge in [0.15, 0.2) is 0 Å².